The molecular formula is C9H6BrF3O. The van der Waals surface area contributed by atoms with E-state index < -0.39 is 11.7 Å². The van der Waals surface area contributed by atoms with Gasteiger partial charge < -0.3 is 0 Å². The lowest BCUT2D eigenvalue weighted by atomic mass is 10.0. The third kappa shape index (κ3) is 2.15. The molecule has 1 rings (SSSR count). The maximum absolute atomic E-state index is 12.4. The molecule has 0 aromatic heterocycles. The van der Waals surface area contributed by atoms with E-state index in [1.807, 2.05) is 0 Å². The van der Waals surface area contributed by atoms with Gasteiger partial charge in [0.15, 0.2) is 0 Å². The molecule has 0 N–H and O–H groups in total. The SMILES string of the molecule is O=Cc1cccc(C(F)(F)F)c1CBr. The number of carbonyl (C=O) groups excluding carboxylic acids is 1. The van der Waals surface area contributed by atoms with Crippen molar-refractivity contribution in [2.45, 2.75) is 11.5 Å². The van der Waals surface area contributed by atoms with E-state index in [0.717, 1.165) is 6.07 Å². The largest absolute Gasteiger partial charge is 0.416 e. The molecule has 76 valence electrons. The molecule has 0 fully saturated rings. The van der Waals surface area contributed by atoms with E-state index >= 15 is 0 Å². The summed E-state index contributed by atoms with van der Waals surface area (Å²) in [5, 5.41) is 0.0107. The zero-order valence-electron chi connectivity index (χ0n) is 6.94. The molecule has 14 heavy (non-hydrogen) atoms. The fourth-order valence-corrected chi connectivity index (χ4v) is 1.76. The van der Waals surface area contributed by atoms with Crippen LogP contribution in [0.1, 0.15) is 21.5 Å². The van der Waals surface area contributed by atoms with Gasteiger partial charge in [-0.05, 0) is 11.6 Å². The van der Waals surface area contributed by atoms with Gasteiger partial charge in [-0.25, -0.2) is 0 Å². The van der Waals surface area contributed by atoms with E-state index in [9.17, 15) is 18.0 Å². The summed E-state index contributed by atoms with van der Waals surface area (Å²) in [6.45, 7) is 0. The van der Waals surface area contributed by atoms with Crippen LogP contribution in [0.5, 0.6) is 0 Å². The van der Waals surface area contributed by atoms with Gasteiger partial charge in [0.2, 0.25) is 0 Å². The van der Waals surface area contributed by atoms with Gasteiger partial charge in [0.05, 0.1) is 5.56 Å². The Balaban J connectivity index is 3.36. The first-order chi connectivity index (χ1) is 6.50. The van der Waals surface area contributed by atoms with Crippen molar-refractivity contribution >= 4 is 22.2 Å². The Hall–Kier alpha value is -0.840. The second-order valence-electron chi connectivity index (χ2n) is 2.62. The van der Waals surface area contributed by atoms with Crippen molar-refractivity contribution in [1.29, 1.82) is 0 Å². The first-order valence-electron chi connectivity index (χ1n) is 3.71. The van der Waals surface area contributed by atoms with Gasteiger partial charge in [0.1, 0.15) is 6.29 Å². The average molecular weight is 267 g/mol. The monoisotopic (exact) mass is 266 g/mol. The van der Waals surface area contributed by atoms with Gasteiger partial charge in [0.25, 0.3) is 0 Å². The number of aldehydes is 1. The average Bonchev–Trinajstić information content (AvgIpc) is 2.15. The lowest BCUT2D eigenvalue weighted by Crippen LogP contribution is -2.10. The number of hydrogen-bond acceptors (Lipinski definition) is 1. The lowest BCUT2D eigenvalue weighted by molar-refractivity contribution is -0.138. The van der Waals surface area contributed by atoms with Gasteiger partial charge in [-0.1, -0.05) is 28.1 Å². The molecule has 5 heteroatoms. The second-order valence-corrected chi connectivity index (χ2v) is 3.18. The summed E-state index contributed by atoms with van der Waals surface area (Å²) in [5.41, 5.74) is -0.717. The number of carbonyl (C=O) groups is 1. The molecule has 0 heterocycles. The van der Waals surface area contributed by atoms with Crippen molar-refractivity contribution in [2.75, 3.05) is 0 Å². The molecule has 1 aromatic carbocycles. The molecular weight excluding hydrogens is 261 g/mol. The maximum atomic E-state index is 12.4. The van der Waals surface area contributed by atoms with E-state index in [1.54, 1.807) is 0 Å². The Kier molecular flexibility index (Phi) is 3.31. The third-order valence-corrected chi connectivity index (χ3v) is 2.34. The Morgan fingerprint density at radius 3 is 2.43 bits per heavy atom. The Morgan fingerprint density at radius 2 is 2.00 bits per heavy atom. The Labute approximate surface area is 87.1 Å². The third-order valence-electron chi connectivity index (χ3n) is 1.78. The number of hydrogen-bond donors (Lipinski definition) is 0. The normalized spacial score (nSPS) is 11.4. The van der Waals surface area contributed by atoms with Crippen molar-refractivity contribution in [3.05, 3.63) is 34.9 Å². The molecule has 1 nitrogen and oxygen atoms in total. The van der Waals surface area contributed by atoms with E-state index in [-0.39, 0.29) is 16.5 Å². The minimum Gasteiger partial charge on any atom is -0.298 e. The molecule has 0 saturated carbocycles. The van der Waals surface area contributed by atoms with E-state index in [0.29, 0.717) is 6.29 Å². The summed E-state index contributed by atoms with van der Waals surface area (Å²) < 4.78 is 37.2. The first kappa shape index (κ1) is 11.2. The van der Waals surface area contributed by atoms with E-state index in [4.69, 9.17) is 0 Å². The van der Waals surface area contributed by atoms with Crippen LogP contribution in [-0.2, 0) is 11.5 Å². The van der Waals surface area contributed by atoms with Crippen LogP contribution in [0.25, 0.3) is 0 Å². The molecule has 0 aliphatic carbocycles. The van der Waals surface area contributed by atoms with E-state index in [1.165, 1.54) is 12.1 Å². The molecule has 0 aliphatic heterocycles. The quantitative estimate of drug-likeness (QED) is 0.592. The number of alkyl halides is 4. The maximum Gasteiger partial charge on any atom is 0.416 e. The number of benzene rings is 1. The van der Waals surface area contributed by atoms with Gasteiger partial charge in [0, 0.05) is 10.9 Å². The summed E-state index contributed by atoms with van der Waals surface area (Å²) in [5.74, 6) is 0. The van der Waals surface area contributed by atoms with Gasteiger partial charge in [-0.2, -0.15) is 13.2 Å². The van der Waals surface area contributed by atoms with Crippen LogP contribution in [-0.4, -0.2) is 6.29 Å². The Morgan fingerprint density at radius 1 is 1.36 bits per heavy atom. The van der Waals surface area contributed by atoms with Crippen LogP contribution in [0, 0.1) is 0 Å². The van der Waals surface area contributed by atoms with Crippen LogP contribution < -0.4 is 0 Å². The van der Waals surface area contributed by atoms with Gasteiger partial charge in [-0.3, -0.25) is 4.79 Å². The topological polar surface area (TPSA) is 17.1 Å². The van der Waals surface area contributed by atoms with Crippen LogP contribution in [0.15, 0.2) is 18.2 Å². The van der Waals surface area contributed by atoms with Crippen molar-refractivity contribution in [2.24, 2.45) is 0 Å². The van der Waals surface area contributed by atoms with Crippen molar-refractivity contribution < 1.29 is 18.0 Å². The zero-order valence-corrected chi connectivity index (χ0v) is 8.52. The highest BCUT2D eigenvalue weighted by Gasteiger charge is 2.33. The fourth-order valence-electron chi connectivity index (χ4n) is 1.13. The van der Waals surface area contributed by atoms with E-state index in [2.05, 4.69) is 15.9 Å². The molecule has 0 unspecified atom stereocenters. The van der Waals surface area contributed by atoms with Crippen LogP contribution in [0.4, 0.5) is 13.2 Å². The number of halogens is 4. The molecule has 0 bridgehead atoms. The predicted molar refractivity (Wildman–Crippen MR) is 49.5 cm³/mol. The minimum atomic E-state index is -4.41. The van der Waals surface area contributed by atoms with Crippen LogP contribution in [0.3, 0.4) is 0 Å². The second kappa shape index (κ2) is 4.13. The molecule has 1 aromatic rings. The zero-order chi connectivity index (χ0) is 10.8. The standard InChI is InChI=1S/C9H6BrF3O/c10-4-7-6(5-14)2-1-3-8(7)9(11,12)13/h1-3,5H,4H2. The first-order valence-corrected chi connectivity index (χ1v) is 4.83. The molecule has 0 saturated heterocycles. The minimum absolute atomic E-state index is 0.0107. The summed E-state index contributed by atoms with van der Waals surface area (Å²) in [7, 11) is 0. The van der Waals surface area contributed by atoms with Crippen LogP contribution >= 0.6 is 15.9 Å². The summed E-state index contributed by atoms with van der Waals surface area (Å²) >= 11 is 2.93. The predicted octanol–water partition coefficient (Wildman–Crippen LogP) is 3.41. The summed E-state index contributed by atoms with van der Waals surface area (Å²) in [6, 6.07) is 3.54. The molecule has 0 aliphatic rings. The van der Waals surface area contributed by atoms with Crippen molar-refractivity contribution in [3.63, 3.8) is 0 Å². The van der Waals surface area contributed by atoms with Crippen LogP contribution in [0.2, 0.25) is 0 Å². The highest BCUT2D eigenvalue weighted by atomic mass is 79.9. The Bertz CT molecular complexity index is 346. The fraction of sp³-hybridized carbons (Fsp3) is 0.222. The summed E-state index contributed by atoms with van der Waals surface area (Å²) in [4.78, 5) is 10.5. The van der Waals surface area contributed by atoms with Gasteiger partial charge >= 0.3 is 6.18 Å². The van der Waals surface area contributed by atoms with Crippen molar-refractivity contribution in [1.82, 2.24) is 0 Å². The lowest BCUT2D eigenvalue weighted by Gasteiger charge is -2.12. The molecule has 0 radical (unpaired) electrons. The highest BCUT2D eigenvalue weighted by Crippen LogP contribution is 2.33. The molecule has 0 amide bonds. The highest BCUT2D eigenvalue weighted by molar-refractivity contribution is 9.08. The van der Waals surface area contributed by atoms with Gasteiger partial charge in [-0.15, -0.1) is 0 Å². The summed E-state index contributed by atoms with van der Waals surface area (Å²) in [6.07, 6.45) is -3.99. The molecule has 0 spiro atoms. The molecule has 0 atom stereocenters. The van der Waals surface area contributed by atoms with Crippen molar-refractivity contribution in [3.8, 4) is 0 Å². The number of rotatable bonds is 2. The smallest absolute Gasteiger partial charge is 0.298 e.